The maximum atomic E-state index is 11.4. The van der Waals surface area contributed by atoms with Crippen LogP contribution in [-0.2, 0) is 16.6 Å². The SMILES string of the molecule is CC(C)S(=O)(=O)NCCCNCc1cccnc1. The molecule has 0 spiro atoms. The summed E-state index contributed by atoms with van der Waals surface area (Å²) in [5.74, 6) is 0. The molecule has 0 fully saturated rings. The van der Waals surface area contributed by atoms with Crippen LogP contribution in [0.3, 0.4) is 0 Å². The lowest BCUT2D eigenvalue weighted by Gasteiger charge is -2.09. The highest BCUT2D eigenvalue weighted by Gasteiger charge is 2.13. The van der Waals surface area contributed by atoms with Crippen molar-refractivity contribution in [2.24, 2.45) is 0 Å². The molecule has 1 aromatic heterocycles. The molecule has 1 heterocycles. The monoisotopic (exact) mass is 271 g/mol. The number of nitrogens with one attached hydrogen (secondary N) is 2. The molecule has 0 aromatic carbocycles. The van der Waals surface area contributed by atoms with Gasteiger partial charge >= 0.3 is 0 Å². The second-order valence-corrected chi connectivity index (χ2v) is 6.70. The predicted octanol–water partition coefficient (Wildman–Crippen LogP) is 0.889. The summed E-state index contributed by atoms with van der Waals surface area (Å²) in [6, 6.07) is 3.90. The van der Waals surface area contributed by atoms with Crippen LogP contribution < -0.4 is 10.0 Å². The highest BCUT2D eigenvalue weighted by Crippen LogP contribution is 1.96. The van der Waals surface area contributed by atoms with Crippen LogP contribution in [0.4, 0.5) is 0 Å². The zero-order valence-corrected chi connectivity index (χ0v) is 11.7. The minimum Gasteiger partial charge on any atom is -0.313 e. The van der Waals surface area contributed by atoms with E-state index in [1.54, 1.807) is 20.0 Å². The summed E-state index contributed by atoms with van der Waals surface area (Å²) in [4.78, 5) is 4.02. The van der Waals surface area contributed by atoms with E-state index in [2.05, 4.69) is 15.0 Å². The van der Waals surface area contributed by atoms with Crippen molar-refractivity contribution in [2.45, 2.75) is 32.1 Å². The number of rotatable bonds is 8. The molecule has 5 nitrogen and oxygen atoms in total. The summed E-state index contributed by atoms with van der Waals surface area (Å²) in [6.45, 7) is 5.34. The molecular weight excluding hydrogens is 250 g/mol. The molecule has 0 bridgehead atoms. The van der Waals surface area contributed by atoms with Crippen molar-refractivity contribution in [3.8, 4) is 0 Å². The first-order valence-corrected chi connectivity index (χ1v) is 7.65. The fraction of sp³-hybridized carbons (Fsp3) is 0.583. The second-order valence-electron chi connectivity index (χ2n) is 4.38. The Bertz CT molecular complexity index is 432. The minimum atomic E-state index is -3.13. The van der Waals surface area contributed by atoms with Gasteiger partial charge in [0.2, 0.25) is 10.0 Å². The van der Waals surface area contributed by atoms with Crippen molar-refractivity contribution in [1.82, 2.24) is 15.0 Å². The normalized spacial score (nSPS) is 11.9. The Hall–Kier alpha value is -0.980. The quantitative estimate of drug-likeness (QED) is 0.689. The molecule has 0 aliphatic rings. The summed E-state index contributed by atoms with van der Waals surface area (Å²) in [6.07, 6.45) is 4.32. The average molecular weight is 271 g/mol. The van der Waals surface area contributed by atoms with Crippen LogP contribution in [0.5, 0.6) is 0 Å². The topological polar surface area (TPSA) is 71.1 Å². The van der Waals surface area contributed by atoms with E-state index in [1.807, 2.05) is 18.3 Å². The van der Waals surface area contributed by atoms with Gasteiger partial charge in [-0.15, -0.1) is 0 Å². The molecule has 0 atom stereocenters. The van der Waals surface area contributed by atoms with Crippen LogP contribution >= 0.6 is 0 Å². The van der Waals surface area contributed by atoms with Gasteiger partial charge in [0.05, 0.1) is 5.25 Å². The largest absolute Gasteiger partial charge is 0.313 e. The first-order chi connectivity index (χ1) is 8.52. The van der Waals surface area contributed by atoms with Crippen LogP contribution in [-0.4, -0.2) is 31.7 Å². The lowest BCUT2D eigenvalue weighted by atomic mass is 10.3. The molecule has 6 heteroatoms. The van der Waals surface area contributed by atoms with E-state index in [1.165, 1.54) is 0 Å². The Morgan fingerprint density at radius 2 is 2.11 bits per heavy atom. The van der Waals surface area contributed by atoms with Gasteiger partial charge in [-0.2, -0.15) is 0 Å². The van der Waals surface area contributed by atoms with Crippen molar-refractivity contribution in [3.63, 3.8) is 0 Å². The van der Waals surface area contributed by atoms with E-state index in [9.17, 15) is 8.42 Å². The summed E-state index contributed by atoms with van der Waals surface area (Å²) >= 11 is 0. The third kappa shape index (κ3) is 5.57. The van der Waals surface area contributed by atoms with Crippen molar-refractivity contribution in [1.29, 1.82) is 0 Å². The molecule has 0 aliphatic carbocycles. The lowest BCUT2D eigenvalue weighted by molar-refractivity contribution is 0.565. The van der Waals surface area contributed by atoms with Crippen molar-refractivity contribution in [2.75, 3.05) is 13.1 Å². The Morgan fingerprint density at radius 3 is 2.72 bits per heavy atom. The highest BCUT2D eigenvalue weighted by molar-refractivity contribution is 7.90. The van der Waals surface area contributed by atoms with E-state index in [0.717, 1.165) is 25.1 Å². The average Bonchev–Trinajstić information content (AvgIpc) is 2.34. The van der Waals surface area contributed by atoms with E-state index in [-0.39, 0.29) is 5.25 Å². The number of hydrogen-bond acceptors (Lipinski definition) is 4. The first-order valence-electron chi connectivity index (χ1n) is 6.10. The maximum Gasteiger partial charge on any atom is 0.213 e. The molecule has 0 amide bonds. The number of pyridine rings is 1. The Balaban J connectivity index is 2.10. The molecule has 1 rings (SSSR count). The summed E-state index contributed by atoms with van der Waals surface area (Å²) in [7, 11) is -3.13. The first kappa shape index (κ1) is 15.1. The van der Waals surface area contributed by atoms with Gasteiger partial charge in [0.15, 0.2) is 0 Å². The van der Waals surface area contributed by atoms with Crippen LogP contribution in [0.25, 0.3) is 0 Å². The minimum absolute atomic E-state index is 0.374. The van der Waals surface area contributed by atoms with Crippen LogP contribution in [0.2, 0.25) is 0 Å². The van der Waals surface area contributed by atoms with Crippen molar-refractivity contribution >= 4 is 10.0 Å². The third-order valence-electron chi connectivity index (χ3n) is 2.51. The van der Waals surface area contributed by atoms with Crippen LogP contribution in [0, 0.1) is 0 Å². The number of hydrogen-bond donors (Lipinski definition) is 2. The molecule has 102 valence electrons. The van der Waals surface area contributed by atoms with Crippen LogP contribution in [0.15, 0.2) is 24.5 Å². The van der Waals surface area contributed by atoms with Gasteiger partial charge in [0.25, 0.3) is 0 Å². The van der Waals surface area contributed by atoms with E-state index in [0.29, 0.717) is 6.54 Å². The molecular formula is C12H21N3O2S. The maximum absolute atomic E-state index is 11.4. The van der Waals surface area contributed by atoms with Gasteiger partial charge in [-0.05, 0) is 38.4 Å². The molecule has 2 N–H and O–H groups in total. The van der Waals surface area contributed by atoms with Crippen molar-refractivity contribution < 1.29 is 8.42 Å². The Morgan fingerprint density at radius 1 is 1.33 bits per heavy atom. The van der Waals surface area contributed by atoms with Gasteiger partial charge in [-0.25, -0.2) is 13.1 Å². The summed E-state index contributed by atoms with van der Waals surface area (Å²) in [5, 5.41) is 2.87. The summed E-state index contributed by atoms with van der Waals surface area (Å²) < 4.78 is 25.5. The molecule has 0 radical (unpaired) electrons. The molecule has 1 aromatic rings. The fourth-order valence-corrected chi connectivity index (χ4v) is 2.09. The Kier molecular flexibility index (Phi) is 6.24. The van der Waals surface area contributed by atoms with Crippen molar-refractivity contribution in [3.05, 3.63) is 30.1 Å². The zero-order valence-electron chi connectivity index (χ0n) is 10.9. The van der Waals surface area contributed by atoms with Gasteiger partial charge in [-0.1, -0.05) is 6.07 Å². The molecule has 0 unspecified atom stereocenters. The van der Waals surface area contributed by atoms with E-state index < -0.39 is 10.0 Å². The number of sulfonamides is 1. The summed E-state index contributed by atoms with van der Waals surface area (Å²) in [5.41, 5.74) is 1.13. The van der Waals surface area contributed by atoms with Gasteiger partial charge in [0.1, 0.15) is 0 Å². The predicted molar refractivity (Wildman–Crippen MR) is 72.6 cm³/mol. The van der Waals surface area contributed by atoms with Gasteiger partial charge in [-0.3, -0.25) is 4.98 Å². The third-order valence-corrected chi connectivity index (χ3v) is 4.35. The molecule has 0 saturated carbocycles. The van der Waals surface area contributed by atoms with E-state index in [4.69, 9.17) is 0 Å². The second kappa shape index (κ2) is 7.45. The van der Waals surface area contributed by atoms with E-state index >= 15 is 0 Å². The van der Waals surface area contributed by atoms with Crippen LogP contribution in [0.1, 0.15) is 25.8 Å². The number of aromatic nitrogens is 1. The fourth-order valence-electron chi connectivity index (χ4n) is 1.33. The highest BCUT2D eigenvalue weighted by atomic mass is 32.2. The lowest BCUT2D eigenvalue weighted by Crippen LogP contribution is -2.32. The Labute approximate surface area is 109 Å². The van der Waals surface area contributed by atoms with Gasteiger partial charge in [0, 0.05) is 25.5 Å². The van der Waals surface area contributed by atoms with Gasteiger partial charge < -0.3 is 5.32 Å². The number of nitrogens with zero attached hydrogens (tertiary/aromatic N) is 1. The molecule has 0 saturated heterocycles. The molecule has 18 heavy (non-hydrogen) atoms. The smallest absolute Gasteiger partial charge is 0.213 e. The molecule has 0 aliphatic heterocycles. The standard InChI is InChI=1S/C12H21N3O2S/c1-11(2)18(16,17)15-8-4-7-14-10-12-5-3-6-13-9-12/h3,5-6,9,11,14-15H,4,7-8,10H2,1-2H3. The zero-order chi connectivity index (χ0) is 13.4.